The Morgan fingerprint density at radius 1 is 1.00 bits per heavy atom. The lowest BCUT2D eigenvalue weighted by Crippen LogP contribution is -2.35. The number of carbonyl (C=O) groups is 1. The van der Waals surface area contributed by atoms with Gasteiger partial charge in [-0.1, -0.05) is 36.4 Å². The first-order valence-electron chi connectivity index (χ1n) is 10.5. The van der Waals surface area contributed by atoms with Crippen molar-refractivity contribution in [3.05, 3.63) is 65.2 Å². The van der Waals surface area contributed by atoms with Gasteiger partial charge in [-0.25, -0.2) is 0 Å². The molecule has 2 aromatic rings. The van der Waals surface area contributed by atoms with Crippen LogP contribution in [0.1, 0.15) is 33.9 Å². The van der Waals surface area contributed by atoms with Gasteiger partial charge in [0.2, 0.25) is 0 Å². The lowest BCUT2D eigenvalue weighted by molar-refractivity contribution is -0.138. The molecule has 0 saturated carbocycles. The highest BCUT2D eigenvalue weighted by molar-refractivity contribution is 6.01. The molecule has 3 atom stereocenters. The lowest BCUT2D eigenvalue weighted by atomic mass is 10.0. The number of rotatable bonds is 5. The van der Waals surface area contributed by atoms with Crippen LogP contribution in [0.25, 0.3) is 0 Å². The molecule has 5 nitrogen and oxygen atoms in total. The molecule has 2 saturated heterocycles. The second-order valence-corrected chi connectivity index (χ2v) is 8.56. The smallest absolute Gasteiger partial charge is 0.398 e. The van der Waals surface area contributed by atoms with Gasteiger partial charge in [-0.3, -0.25) is 4.79 Å². The van der Waals surface area contributed by atoms with E-state index in [0.717, 1.165) is 37.7 Å². The van der Waals surface area contributed by atoms with E-state index >= 15 is 0 Å². The minimum atomic E-state index is -4.62. The quantitative estimate of drug-likeness (QED) is 0.711. The topological polar surface area (TPSA) is 75.6 Å². The number of nitrogens with zero attached hydrogens (tertiary/aromatic N) is 2. The van der Waals surface area contributed by atoms with Gasteiger partial charge in [0.1, 0.15) is 0 Å². The molecular formula is C23H27F3N4O. The van der Waals surface area contributed by atoms with Crippen LogP contribution in [0.3, 0.4) is 0 Å². The summed E-state index contributed by atoms with van der Waals surface area (Å²) < 4.78 is 40.2. The van der Waals surface area contributed by atoms with E-state index in [9.17, 15) is 18.0 Å². The number of amides is 1. The van der Waals surface area contributed by atoms with E-state index in [2.05, 4.69) is 4.90 Å². The van der Waals surface area contributed by atoms with Crippen LogP contribution in [-0.4, -0.2) is 48.4 Å². The number of benzene rings is 2. The maximum atomic E-state index is 13.4. The normalized spacial score (nSPS) is 22.5. The number of halogens is 3. The van der Waals surface area contributed by atoms with Crippen LogP contribution < -0.4 is 11.5 Å². The predicted molar refractivity (Wildman–Crippen MR) is 113 cm³/mol. The average Bonchev–Trinajstić information content (AvgIpc) is 3.30. The number of hydrogen-bond acceptors (Lipinski definition) is 4. The Kier molecular flexibility index (Phi) is 5.94. The van der Waals surface area contributed by atoms with Crippen LogP contribution >= 0.6 is 0 Å². The molecule has 31 heavy (non-hydrogen) atoms. The number of anilines is 1. The van der Waals surface area contributed by atoms with Crippen molar-refractivity contribution in [2.45, 2.75) is 18.6 Å². The molecular weight excluding hydrogens is 405 g/mol. The van der Waals surface area contributed by atoms with E-state index < -0.39 is 23.2 Å². The number of hydrogen-bond donors (Lipinski definition) is 2. The van der Waals surface area contributed by atoms with Gasteiger partial charge in [-0.15, -0.1) is 0 Å². The van der Waals surface area contributed by atoms with Gasteiger partial charge in [0.25, 0.3) is 5.91 Å². The second kappa shape index (κ2) is 8.51. The second-order valence-electron chi connectivity index (χ2n) is 8.56. The molecule has 2 fully saturated rings. The third-order valence-corrected chi connectivity index (χ3v) is 6.45. The molecule has 1 amide bonds. The highest BCUT2D eigenvalue weighted by Crippen LogP contribution is 2.37. The van der Waals surface area contributed by atoms with Crippen molar-refractivity contribution >= 4 is 11.6 Å². The van der Waals surface area contributed by atoms with Gasteiger partial charge in [0.05, 0.1) is 11.1 Å². The Labute approximate surface area is 179 Å². The molecule has 8 heteroatoms. The Morgan fingerprint density at radius 2 is 1.65 bits per heavy atom. The summed E-state index contributed by atoms with van der Waals surface area (Å²) in [5.74, 6) is -0.107. The van der Waals surface area contributed by atoms with Crippen molar-refractivity contribution in [3.63, 3.8) is 0 Å². The molecule has 2 aliphatic heterocycles. The van der Waals surface area contributed by atoms with Gasteiger partial charge in [0, 0.05) is 37.9 Å². The van der Waals surface area contributed by atoms with Crippen molar-refractivity contribution in [1.82, 2.24) is 9.80 Å². The van der Waals surface area contributed by atoms with E-state index in [-0.39, 0.29) is 23.6 Å². The number of likely N-dealkylation sites (tertiary alicyclic amines) is 2. The molecule has 2 aliphatic rings. The first kappa shape index (κ1) is 21.6. The zero-order valence-electron chi connectivity index (χ0n) is 17.2. The Balaban J connectivity index is 1.35. The molecule has 166 valence electrons. The fourth-order valence-electron chi connectivity index (χ4n) is 4.83. The van der Waals surface area contributed by atoms with E-state index in [1.807, 2.05) is 30.3 Å². The minimum absolute atomic E-state index is 0.0263. The van der Waals surface area contributed by atoms with Crippen molar-refractivity contribution in [3.8, 4) is 0 Å². The van der Waals surface area contributed by atoms with Crippen molar-refractivity contribution in [2.75, 3.05) is 38.5 Å². The molecule has 0 bridgehead atoms. The standard InChI is InChI=1S/C23H27F3N4O/c24-23(25,26)18-7-4-8-20(28)21(18)22(31)30-13-16-11-29(12-17(16)14-30)10-9-19(27)15-5-2-1-3-6-15/h1-8,16-17,19H,9-14,27-28H2/t16?,17?,19-/m0/s1. The number of fused-ring (bicyclic) bond motifs is 1. The van der Waals surface area contributed by atoms with Crippen molar-refractivity contribution in [2.24, 2.45) is 17.6 Å². The first-order chi connectivity index (χ1) is 14.7. The third kappa shape index (κ3) is 4.55. The Hall–Kier alpha value is -2.58. The van der Waals surface area contributed by atoms with Gasteiger partial charge >= 0.3 is 6.18 Å². The van der Waals surface area contributed by atoms with Crippen molar-refractivity contribution < 1.29 is 18.0 Å². The SMILES string of the molecule is Nc1cccc(C(F)(F)F)c1C(=O)N1CC2CN(CC[C@H](N)c3ccccc3)CC2C1. The summed E-state index contributed by atoms with van der Waals surface area (Å²) in [6, 6.07) is 13.4. The average molecular weight is 432 g/mol. The fourth-order valence-corrected chi connectivity index (χ4v) is 4.83. The fraction of sp³-hybridized carbons (Fsp3) is 0.435. The largest absolute Gasteiger partial charge is 0.417 e. The molecule has 0 radical (unpaired) electrons. The van der Waals surface area contributed by atoms with E-state index in [0.29, 0.717) is 13.1 Å². The van der Waals surface area contributed by atoms with E-state index in [1.165, 1.54) is 17.0 Å². The van der Waals surface area contributed by atoms with E-state index in [4.69, 9.17) is 11.5 Å². The van der Waals surface area contributed by atoms with Crippen LogP contribution in [0.2, 0.25) is 0 Å². The predicted octanol–water partition coefficient (Wildman–Crippen LogP) is 3.38. The van der Waals surface area contributed by atoms with Gasteiger partial charge in [-0.05, 0) is 42.5 Å². The zero-order valence-corrected chi connectivity index (χ0v) is 17.2. The summed E-state index contributed by atoms with van der Waals surface area (Å²) in [5, 5.41) is 0. The Morgan fingerprint density at radius 3 is 2.26 bits per heavy atom. The number of carbonyl (C=O) groups excluding carboxylic acids is 1. The van der Waals surface area contributed by atoms with Gasteiger partial charge < -0.3 is 21.3 Å². The molecule has 0 spiro atoms. The summed E-state index contributed by atoms with van der Waals surface area (Å²) >= 11 is 0. The monoisotopic (exact) mass is 432 g/mol. The first-order valence-corrected chi connectivity index (χ1v) is 10.5. The third-order valence-electron chi connectivity index (χ3n) is 6.45. The summed E-state index contributed by atoms with van der Waals surface area (Å²) in [5.41, 5.74) is 11.7. The molecule has 4 rings (SSSR count). The Bertz CT molecular complexity index is 920. The summed E-state index contributed by atoms with van der Waals surface area (Å²) in [6.45, 7) is 3.42. The minimum Gasteiger partial charge on any atom is -0.398 e. The molecule has 2 unspecified atom stereocenters. The van der Waals surface area contributed by atoms with Gasteiger partial charge in [-0.2, -0.15) is 13.2 Å². The van der Waals surface area contributed by atoms with Crippen LogP contribution in [-0.2, 0) is 6.18 Å². The number of nitrogens with two attached hydrogens (primary N) is 2. The van der Waals surface area contributed by atoms with Crippen molar-refractivity contribution in [1.29, 1.82) is 0 Å². The summed E-state index contributed by atoms with van der Waals surface area (Å²) in [6.07, 6.45) is -3.79. The van der Waals surface area contributed by atoms with E-state index in [1.54, 1.807) is 0 Å². The summed E-state index contributed by atoms with van der Waals surface area (Å²) in [4.78, 5) is 16.8. The number of nitrogen functional groups attached to an aromatic ring is 1. The zero-order chi connectivity index (χ0) is 22.2. The highest BCUT2D eigenvalue weighted by atomic mass is 19.4. The molecule has 0 aliphatic carbocycles. The van der Waals surface area contributed by atoms with Gasteiger partial charge in [0.15, 0.2) is 0 Å². The molecule has 2 heterocycles. The number of alkyl halides is 3. The maximum Gasteiger partial charge on any atom is 0.417 e. The summed E-state index contributed by atoms with van der Waals surface area (Å²) in [7, 11) is 0. The molecule has 2 aromatic carbocycles. The van der Waals surface area contributed by atoms with Crippen LogP contribution in [0.15, 0.2) is 48.5 Å². The van der Waals surface area contributed by atoms with Crippen LogP contribution in [0, 0.1) is 11.8 Å². The lowest BCUT2D eigenvalue weighted by Gasteiger charge is -2.24. The molecule has 4 N–H and O–H groups in total. The molecule has 0 aromatic heterocycles. The highest BCUT2D eigenvalue weighted by Gasteiger charge is 2.44. The van der Waals surface area contributed by atoms with Crippen LogP contribution in [0.5, 0.6) is 0 Å². The maximum absolute atomic E-state index is 13.4. The van der Waals surface area contributed by atoms with Crippen LogP contribution in [0.4, 0.5) is 18.9 Å².